The number of Topliss-reactive ketones (excluding diaryl/α,β-unsaturated/α-hetero) is 1. The second kappa shape index (κ2) is 10.1. The van der Waals surface area contributed by atoms with E-state index in [1.54, 1.807) is 55.6 Å². The number of carbonyl (C=O) groups excluding carboxylic acids is 2. The van der Waals surface area contributed by atoms with Crippen LogP contribution < -0.4 is 9.47 Å². The highest BCUT2D eigenvalue weighted by Crippen LogP contribution is 2.40. The molecule has 1 amide bonds. The van der Waals surface area contributed by atoms with Crippen LogP contribution in [0.2, 0.25) is 0 Å². The third-order valence-corrected chi connectivity index (χ3v) is 5.09. The molecule has 0 aromatic heterocycles. The smallest absolute Gasteiger partial charge is 0.295 e. The molecule has 0 spiro atoms. The molecule has 1 unspecified atom stereocenters. The molecule has 0 saturated carbocycles. The standard InChI is InChI=1S/C24H27NO6/c1-4-13-31-18-10-8-16(9-11-18)22(26)20-21(17-6-5-7-19(15-17)30-3)25(12-14-29-2)24(28)23(20)27/h5-11,15,21,26H,4,12-14H2,1-3H3/b22-20-. The molecule has 0 bridgehead atoms. The Balaban J connectivity index is 2.07. The number of carbonyl (C=O) groups is 2. The lowest BCUT2D eigenvalue weighted by Gasteiger charge is -2.25. The minimum Gasteiger partial charge on any atom is -0.507 e. The first-order valence-electron chi connectivity index (χ1n) is 10.2. The Bertz CT molecular complexity index is 966. The molecule has 164 valence electrons. The molecule has 1 fully saturated rings. The SMILES string of the molecule is CCCOc1ccc(/C(O)=C2/C(=O)C(=O)N(CCOC)C2c2cccc(OC)c2)cc1. The van der Waals surface area contributed by atoms with Crippen LogP contribution in [0.1, 0.15) is 30.5 Å². The Morgan fingerprint density at radius 2 is 1.77 bits per heavy atom. The van der Waals surface area contributed by atoms with Crippen molar-refractivity contribution < 1.29 is 28.9 Å². The number of methoxy groups -OCH3 is 2. The average Bonchev–Trinajstić information content (AvgIpc) is 3.06. The molecule has 1 aliphatic rings. The van der Waals surface area contributed by atoms with E-state index in [9.17, 15) is 14.7 Å². The molecule has 1 saturated heterocycles. The van der Waals surface area contributed by atoms with Gasteiger partial charge in [-0.1, -0.05) is 19.1 Å². The van der Waals surface area contributed by atoms with Gasteiger partial charge in [-0.05, 0) is 48.4 Å². The van der Waals surface area contributed by atoms with E-state index in [1.807, 2.05) is 6.92 Å². The van der Waals surface area contributed by atoms with Gasteiger partial charge in [0.1, 0.15) is 17.3 Å². The number of likely N-dealkylation sites (tertiary alicyclic amines) is 1. The summed E-state index contributed by atoms with van der Waals surface area (Å²) in [4.78, 5) is 27.1. The van der Waals surface area contributed by atoms with Crippen molar-refractivity contribution >= 4 is 17.4 Å². The Morgan fingerprint density at radius 1 is 1.03 bits per heavy atom. The highest BCUT2D eigenvalue weighted by Gasteiger charge is 2.45. The summed E-state index contributed by atoms with van der Waals surface area (Å²) in [6.07, 6.45) is 0.882. The van der Waals surface area contributed by atoms with E-state index in [2.05, 4.69) is 0 Å². The lowest BCUT2D eigenvalue weighted by molar-refractivity contribution is -0.140. The van der Waals surface area contributed by atoms with Crippen molar-refractivity contribution in [1.82, 2.24) is 4.90 Å². The number of nitrogens with zero attached hydrogens (tertiary/aromatic N) is 1. The van der Waals surface area contributed by atoms with E-state index in [4.69, 9.17) is 14.2 Å². The van der Waals surface area contributed by atoms with Gasteiger partial charge in [-0.2, -0.15) is 0 Å². The maximum Gasteiger partial charge on any atom is 0.295 e. The highest BCUT2D eigenvalue weighted by molar-refractivity contribution is 6.46. The van der Waals surface area contributed by atoms with Crippen molar-refractivity contribution in [3.8, 4) is 11.5 Å². The first-order valence-corrected chi connectivity index (χ1v) is 10.2. The van der Waals surface area contributed by atoms with Crippen LogP contribution in [0.3, 0.4) is 0 Å². The second-order valence-corrected chi connectivity index (χ2v) is 7.13. The van der Waals surface area contributed by atoms with Gasteiger partial charge < -0.3 is 24.2 Å². The van der Waals surface area contributed by atoms with Gasteiger partial charge >= 0.3 is 0 Å². The molecule has 1 aliphatic heterocycles. The minimum atomic E-state index is -0.749. The lowest BCUT2D eigenvalue weighted by atomic mass is 9.95. The second-order valence-electron chi connectivity index (χ2n) is 7.13. The Kier molecular flexibility index (Phi) is 7.31. The van der Waals surface area contributed by atoms with Gasteiger partial charge in [-0.15, -0.1) is 0 Å². The Morgan fingerprint density at radius 3 is 2.42 bits per heavy atom. The van der Waals surface area contributed by atoms with E-state index in [0.29, 0.717) is 29.2 Å². The van der Waals surface area contributed by atoms with Gasteiger partial charge in [0.15, 0.2) is 0 Å². The number of aliphatic hydroxyl groups is 1. The van der Waals surface area contributed by atoms with Crippen LogP contribution in [-0.2, 0) is 14.3 Å². The quantitative estimate of drug-likeness (QED) is 0.376. The van der Waals surface area contributed by atoms with Crippen molar-refractivity contribution in [2.24, 2.45) is 0 Å². The number of rotatable bonds is 9. The monoisotopic (exact) mass is 425 g/mol. The molecule has 2 aromatic rings. The topological polar surface area (TPSA) is 85.3 Å². The van der Waals surface area contributed by atoms with Crippen molar-refractivity contribution in [3.63, 3.8) is 0 Å². The normalized spacial score (nSPS) is 17.8. The molecule has 3 rings (SSSR count). The van der Waals surface area contributed by atoms with Crippen LogP contribution in [0.5, 0.6) is 11.5 Å². The van der Waals surface area contributed by atoms with Crippen LogP contribution in [0.15, 0.2) is 54.1 Å². The van der Waals surface area contributed by atoms with Crippen LogP contribution in [0.4, 0.5) is 0 Å². The molecule has 2 aromatic carbocycles. The summed E-state index contributed by atoms with van der Waals surface area (Å²) in [5.41, 5.74) is 1.14. The largest absolute Gasteiger partial charge is 0.507 e. The number of hydrogen-bond acceptors (Lipinski definition) is 6. The maximum atomic E-state index is 12.9. The van der Waals surface area contributed by atoms with Gasteiger partial charge in [0.05, 0.1) is 31.9 Å². The number of aliphatic hydroxyl groups excluding tert-OH is 1. The van der Waals surface area contributed by atoms with Crippen molar-refractivity contribution in [1.29, 1.82) is 0 Å². The summed E-state index contributed by atoms with van der Waals surface area (Å²) in [7, 11) is 3.07. The third-order valence-electron chi connectivity index (χ3n) is 5.09. The number of ketones is 1. The summed E-state index contributed by atoms with van der Waals surface area (Å²) < 4.78 is 16.0. The van der Waals surface area contributed by atoms with E-state index in [1.165, 1.54) is 12.0 Å². The van der Waals surface area contributed by atoms with Crippen molar-refractivity contribution in [2.45, 2.75) is 19.4 Å². The molecular formula is C24H27NO6. The molecule has 1 N–H and O–H groups in total. The number of benzene rings is 2. The molecule has 7 heteroatoms. The van der Waals surface area contributed by atoms with Gasteiger partial charge in [-0.3, -0.25) is 9.59 Å². The molecular weight excluding hydrogens is 398 g/mol. The minimum absolute atomic E-state index is 0.0385. The molecule has 0 aliphatic carbocycles. The zero-order valence-corrected chi connectivity index (χ0v) is 18.0. The fourth-order valence-corrected chi connectivity index (χ4v) is 3.54. The van der Waals surface area contributed by atoms with Crippen LogP contribution >= 0.6 is 0 Å². The fraction of sp³-hybridized carbons (Fsp3) is 0.333. The van der Waals surface area contributed by atoms with Gasteiger partial charge in [0.25, 0.3) is 11.7 Å². The first kappa shape index (κ1) is 22.4. The van der Waals surface area contributed by atoms with E-state index < -0.39 is 17.7 Å². The number of ether oxygens (including phenoxy) is 3. The van der Waals surface area contributed by atoms with Crippen molar-refractivity contribution in [2.75, 3.05) is 34.0 Å². The zero-order chi connectivity index (χ0) is 22.4. The molecule has 1 heterocycles. The zero-order valence-electron chi connectivity index (χ0n) is 18.0. The summed E-state index contributed by atoms with van der Waals surface area (Å²) >= 11 is 0. The van der Waals surface area contributed by atoms with Crippen LogP contribution in [-0.4, -0.2) is 55.7 Å². The number of hydrogen-bond donors (Lipinski definition) is 1. The van der Waals surface area contributed by atoms with E-state index in [-0.39, 0.29) is 24.5 Å². The summed E-state index contributed by atoms with van der Waals surface area (Å²) in [5, 5.41) is 11.1. The van der Waals surface area contributed by atoms with Crippen molar-refractivity contribution in [3.05, 3.63) is 65.2 Å². The molecule has 7 nitrogen and oxygen atoms in total. The number of amides is 1. The van der Waals surface area contributed by atoms with Crippen LogP contribution in [0.25, 0.3) is 5.76 Å². The van der Waals surface area contributed by atoms with E-state index in [0.717, 1.165) is 6.42 Å². The molecule has 0 radical (unpaired) electrons. The van der Waals surface area contributed by atoms with E-state index >= 15 is 0 Å². The highest BCUT2D eigenvalue weighted by atomic mass is 16.5. The fourth-order valence-electron chi connectivity index (χ4n) is 3.54. The summed E-state index contributed by atoms with van der Waals surface area (Å²) in [5.74, 6) is -0.370. The molecule has 1 atom stereocenters. The predicted molar refractivity (Wildman–Crippen MR) is 116 cm³/mol. The lowest BCUT2D eigenvalue weighted by Crippen LogP contribution is -2.32. The van der Waals surface area contributed by atoms with Gasteiger partial charge in [0.2, 0.25) is 0 Å². The predicted octanol–water partition coefficient (Wildman–Crippen LogP) is 3.55. The van der Waals surface area contributed by atoms with Gasteiger partial charge in [0, 0.05) is 19.2 Å². The third kappa shape index (κ3) is 4.72. The Labute approximate surface area is 181 Å². The summed E-state index contributed by atoms with van der Waals surface area (Å²) in [6.45, 7) is 3.08. The summed E-state index contributed by atoms with van der Waals surface area (Å²) in [6, 6.07) is 13.2. The van der Waals surface area contributed by atoms with Gasteiger partial charge in [-0.25, -0.2) is 0 Å². The first-order chi connectivity index (χ1) is 15.0. The maximum absolute atomic E-state index is 12.9. The average molecular weight is 425 g/mol. The van der Waals surface area contributed by atoms with Crippen LogP contribution in [0, 0.1) is 0 Å². The Hall–Kier alpha value is -3.32. The molecule has 31 heavy (non-hydrogen) atoms.